The lowest BCUT2D eigenvalue weighted by atomic mass is 9.90. The van der Waals surface area contributed by atoms with Gasteiger partial charge in [-0.2, -0.15) is 0 Å². The first-order valence-corrected chi connectivity index (χ1v) is 7.05. The lowest BCUT2D eigenvalue weighted by Gasteiger charge is -2.29. The molecule has 0 rings (SSSR count). The van der Waals surface area contributed by atoms with E-state index in [1.54, 1.807) is 0 Å². The Morgan fingerprint density at radius 1 is 0.733 bits per heavy atom. The van der Waals surface area contributed by atoms with E-state index in [-0.39, 0.29) is 9.90 Å². The van der Waals surface area contributed by atoms with E-state index in [1.807, 2.05) is 0 Å². The van der Waals surface area contributed by atoms with Crippen LogP contribution in [0.15, 0.2) is 0 Å². The molecule has 3 radical (unpaired) electrons. The molecule has 0 aromatic carbocycles. The molecular formula is C13H29P2. The fraction of sp³-hybridized carbons (Fsp3) is 1.00. The predicted octanol–water partition coefficient (Wildman–Crippen LogP) is 6.03. The third-order valence-electron chi connectivity index (χ3n) is 3.08. The molecule has 0 spiro atoms. The molecule has 0 nitrogen and oxygen atoms in total. The van der Waals surface area contributed by atoms with Crippen LogP contribution in [-0.4, -0.2) is 5.16 Å². The summed E-state index contributed by atoms with van der Waals surface area (Å²) in [5.74, 6) is 0. The molecule has 0 heterocycles. The molecule has 0 aliphatic rings. The maximum absolute atomic E-state index is 3.17. The fourth-order valence-electron chi connectivity index (χ4n) is 1.96. The van der Waals surface area contributed by atoms with Gasteiger partial charge in [0.2, 0.25) is 0 Å². The van der Waals surface area contributed by atoms with E-state index in [0.717, 1.165) is 0 Å². The molecule has 0 aromatic rings. The summed E-state index contributed by atoms with van der Waals surface area (Å²) in [7, 11) is 3.17. The average molecular weight is 247 g/mol. The smallest absolute Gasteiger partial charge is 0 e. The van der Waals surface area contributed by atoms with E-state index >= 15 is 0 Å². The minimum Gasteiger partial charge on any atom is -0.131 e. The van der Waals surface area contributed by atoms with Crippen molar-refractivity contribution < 1.29 is 0 Å². The molecule has 2 heteroatoms. The Morgan fingerprint density at radius 2 is 1.00 bits per heavy atom. The topological polar surface area (TPSA) is 0 Å². The summed E-state index contributed by atoms with van der Waals surface area (Å²) in [5.41, 5.74) is 0. The molecule has 0 fully saturated rings. The number of rotatable bonds is 9. The predicted molar refractivity (Wildman–Crippen MR) is 77.9 cm³/mol. The molecular weight excluding hydrogens is 218 g/mol. The number of hydrogen-bond acceptors (Lipinski definition) is 0. The van der Waals surface area contributed by atoms with Crippen LogP contribution in [0.2, 0.25) is 0 Å². The minimum atomic E-state index is 0. The van der Waals surface area contributed by atoms with Crippen molar-refractivity contribution >= 4 is 19.1 Å². The second-order valence-electron chi connectivity index (χ2n) is 4.67. The second-order valence-corrected chi connectivity index (χ2v) is 5.90. The third kappa shape index (κ3) is 9.77. The van der Waals surface area contributed by atoms with Gasteiger partial charge in [-0.05, 0) is 24.4 Å². The normalized spacial score (nSPS) is 11.2. The monoisotopic (exact) mass is 247 g/mol. The Kier molecular flexibility index (Phi) is 13.8. The van der Waals surface area contributed by atoms with Gasteiger partial charge in [-0.25, -0.2) is 0 Å². The summed E-state index contributed by atoms with van der Waals surface area (Å²) in [6.07, 6.45) is 12.5. The zero-order chi connectivity index (χ0) is 10.9. The van der Waals surface area contributed by atoms with Crippen LogP contribution < -0.4 is 0 Å². The molecule has 1 atom stereocenters. The number of hydrogen-bond donors (Lipinski definition) is 0. The molecule has 0 saturated heterocycles. The lowest BCUT2D eigenvalue weighted by Crippen LogP contribution is -2.20. The third-order valence-corrected chi connectivity index (χ3v) is 3.95. The highest BCUT2D eigenvalue weighted by atomic mass is 31.0. The Bertz CT molecular complexity index is 102. The first-order chi connectivity index (χ1) is 6.68. The maximum atomic E-state index is 3.17. The summed E-state index contributed by atoms with van der Waals surface area (Å²) in [6, 6.07) is 0. The second kappa shape index (κ2) is 11.3. The Hall–Kier alpha value is 0.860. The summed E-state index contributed by atoms with van der Waals surface area (Å²) in [4.78, 5) is 0. The highest BCUT2D eigenvalue weighted by Gasteiger charge is 2.22. The fourth-order valence-corrected chi connectivity index (χ4v) is 2.57. The van der Waals surface area contributed by atoms with E-state index in [2.05, 4.69) is 30.0 Å². The van der Waals surface area contributed by atoms with Gasteiger partial charge in [-0.15, -0.1) is 9.24 Å². The minimum absolute atomic E-state index is 0. The van der Waals surface area contributed by atoms with Gasteiger partial charge >= 0.3 is 0 Å². The van der Waals surface area contributed by atoms with Crippen LogP contribution in [0.5, 0.6) is 0 Å². The van der Waals surface area contributed by atoms with Gasteiger partial charge in [-0.3, -0.25) is 0 Å². The van der Waals surface area contributed by atoms with E-state index in [1.165, 1.54) is 57.8 Å². The van der Waals surface area contributed by atoms with Crippen molar-refractivity contribution in [2.24, 2.45) is 0 Å². The summed E-state index contributed by atoms with van der Waals surface area (Å²) < 4.78 is 0. The van der Waals surface area contributed by atoms with Crippen molar-refractivity contribution in [1.29, 1.82) is 0 Å². The molecule has 0 aromatic heterocycles. The van der Waals surface area contributed by atoms with Crippen LogP contribution >= 0.6 is 19.1 Å². The SMILES string of the molecule is CCCCC(P)(CCCC)CCCC.[P]. The summed E-state index contributed by atoms with van der Waals surface area (Å²) in [6.45, 7) is 6.89. The average Bonchev–Trinajstić information content (AvgIpc) is 2.21. The summed E-state index contributed by atoms with van der Waals surface area (Å²) >= 11 is 0. The molecule has 0 bridgehead atoms. The number of unbranched alkanes of at least 4 members (excludes halogenated alkanes) is 3. The van der Waals surface area contributed by atoms with Crippen LogP contribution in [0.1, 0.15) is 78.6 Å². The van der Waals surface area contributed by atoms with Crippen LogP contribution in [-0.2, 0) is 0 Å². The van der Waals surface area contributed by atoms with Gasteiger partial charge in [0.25, 0.3) is 0 Å². The largest absolute Gasteiger partial charge is 0.131 e. The van der Waals surface area contributed by atoms with Crippen molar-refractivity contribution in [3.63, 3.8) is 0 Å². The van der Waals surface area contributed by atoms with Crippen molar-refractivity contribution in [2.45, 2.75) is 83.7 Å². The van der Waals surface area contributed by atoms with E-state index in [4.69, 9.17) is 0 Å². The van der Waals surface area contributed by atoms with Crippen LogP contribution in [0.4, 0.5) is 0 Å². The standard InChI is InChI=1S/C13H29P.P/c1-4-7-10-13(14,11-8-5-2)12-9-6-3;/h4-12,14H2,1-3H3;. The quantitative estimate of drug-likeness (QED) is 0.436. The lowest BCUT2D eigenvalue weighted by molar-refractivity contribution is 0.424. The van der Waals surface area contributed by atoms with Gasteiger partial charge in [0.15, 0.2) is 0 Å². The first-order valence-electron chi connectivity index (χ1n) is 6.47. The molecule has 91 valence electrons. The van der Waals surface area contributed by atoms with Crippen molar-refractivity contribution in [3.05, 3.63) is 0 Å². The van der Waals surface area contributed by atoms with Gasteiger partial charge in [0, 0.05) is 9.90 Å². The first kappa shape index (κ1) is 18.2. The molecule has 0 aliphatic heterocycles. The van der Waals surface area contributed by atoms with Crippen molar-refractivity contribution in [3.8, 4) is 0 Å². The van der Waals surface area contributed by atoms with Gasteiger partial charge in [-0.1, -0.05) is 59.3 Å². The van der Waals surface area contributed by atoms with Crippen LogP contribution in [0.3, 0.4) is 0 Å². The van der Waals surface area contributed by atoms with Gasteiger partial charge < -0.3 is 0 Å². The molecule has 0 N–H and O–H groups in total. The van der Waals surface area contributed by atoms with Gasteiger partial charge in [0.05, 0.1) is 0 Å². The maximum Gasteiger partial charge on any atom is 0 e. The van der Waals surface area contributed by atoms with Crippen molar-refractivity contribution in [2.75, 3.05) is 0 Å². The highest BCUT2D eigenvalue weighted by Crippen LogP contribution is 2.36. The van der Waals surface area contributed by atoms with E-state index in [9.17, 15) is 0 Å². The Morgan fingerprint density at radius 3 is 1.20 bits per heavy atom. The van der Waals surface area contributed by atoms with Crippen LogP contribution in [0, 0.1) is 0 Å². The Labute approximate surface area is 103 Å². The van der Waals surface area contributed by atoms with E-state index < -0.39 is 0 Å². The van der Waals surface area contributed by atoms with Crippen molar-refractivity contribution in [1.82, 2.24) is 0 Å². The zero-order valence-electron chi connectivity index (χ0n) is 10.9. The zero-order valence-corrected chi connectivity index (χ0v) is 12.9. The molecule has 15 heavy (non-hydrogen) atoms. The summed E-state index contributed by atoms with van der Waals surface area (Å²) in [5, 5.41) is 0.571. The van der Waals surface area contributed by atoms with E-state index in [0.29, 0.717) is 5.16 Å². The highest BCUT2D eigenvalue weighted by molar-refractivity contribution is 7.19. The molecule has 0 saturated carbocycles. The molecule has 0 amide bonds. The van der Waals surface area contributed by atoms with Gasteiger partial charge in [0.1, 0.15) is 0 Å². The van der Waals surface area contributed by atoms with Crippen LogP contribution in [0.25, 0.3) is 0 Å². The molecule has 0 aliphatic carbocycles. The molecule has 1 unspecified atom stereocenters. The Balaban J connectivity index is 0.